The number of nitrogens with zero attached hydrogens (tertiary/aromatic N) is 1. The van der Waals surface area contributed by atoms with Gasteiger partial charge in [0.1, 0.15) is 0 Å². The Bertz CT molecular complexity index is 383. The fraction of sp³-hybridized carbons (Fsp3) is 0.100. The lowest BCUT2D eigenvalue weighted by Gasteiger charge is -2.09. The largest absolute Gasteiger partial charge is 0.273 e. The third-order valence-electron chi connectivity index (χ3n) is 2.12. The van der Waals surface area contributed by atoms with E-state index in [0.717, 1.165) is 11.1 Å². The molecule has 1 aliphatic carbocycles. The third kappa shape index (κ3) is 1.33. The molecule has 0 amide bonds. The lowest BCUT2D eigenvalue weighted by atomic mass is 9.95. The minimum absolute atomic E-state index is 0.220. The van der Waals surface area contributed by atoms with E-state index in [2.05, 4.69) is 0 Å². The van der Waals surface area contributed by atoms with E-state index in [0.29, 0.717) is 6.42 Å². The molecule has 0 aromatic heterocycles. The molecule has 0 saturated carbocycles. The first-order valence-corrected chi connectivity index (χ1v) is 4.05. The Kier molecular flexibility index (Phi) is 1.85. The molecule has 3 nitrogen and oxygen atoms in total. The normalized spacial score (nSPS) is 13.8. The zero-order valence-corrected chi connectivity index (χ0v) is 6.93. The number of benzene rings is 1. The highest BCUT2D eigenvalue weighted by Crippen LogP contribution is 2.26. The van der Waals surface area contributed by atoms with E-state index in [1.807, 2.05) is 24.6 Å². The smallest absolute Gasteiger partial charge is 0.258 e. The summed E-state index contributed by atoms with van der Waals surface area (Å²) >= 11 is 0. The number of hydrogen-bond acceptors (Lipinski definition) is 2. The Labute approximate surface area is 75.8 Å². The Hall–Kier alpha value is -1.64. The van der Waals surface area contributed by atoms with Gasteiger partial charge in [0.25, 0.3) is 5.69 Å². The van der Waals surface area contributed by atoms with Crippen LogP contribution in [-0.2, 0) is 6.42 Å². The first-order valence-electron chi connectivity index (χ1n) is 4.05. The zero-order chi connectivity index (χ0) is 9.26. The minimum Gasteiger partial charge on any atom is -0.258 e. The lowest BCUT2D eigenvalue weighted by Crippen LogP contribution is -2.01. The van der Waals surface area contributed by atoms with Gasteiger partial charge < -0.3 is 0 Å². The second-order valence-corrected chi connectivity index (χ2v) is 2.90. The van der Waals surface area contributed by atoms with Crippen LogP contribution in [0.2, 0.25) is 0 Å². The van der Waals surface area contributed by atoms with Gasteiger partial charge in [-0.15, -0.1) is 0 Å². The maximum absolute atomic E-state index is 10.6. The predicted molar refractivity (Wildman–Crippen MR) is 49.3 cm³/mol. The summed E-state index contributed by atoms with van der Waals surface area (Å²) in [4.78, 5) is 10.3. The maximum atomic E-state index is 10.6. The number of allylic oxidation sites excluding steroid dienone is 2. The molecule has 0 aliphatic heterocycles. The monoisotopic (exact) mass is 174 g/mol. The van der Waals surface area contributed by atoms with Crippen molar-refractivity contribution in [1.29, 1.82) is 0 Å². The van der Waals surface area contributed by atoms with Crippen molar-refractivity contribution in [1.82, 2.24) is 0 Å². The van der Waals surface area contributed by atoms with E-state index in [1.165, 1.54) is 0 Å². The van der Waals surface area contributed by atoms with E-state index >= 15 is 0 Å². The van der Waals surface area contributed by atoms with Crippen LogP contribution in [0.1, 0.15) is 11.1 Å². The summed E-state index contributed by atoms with van der Waals surface area (Å²) in [7, 11) is 0. The molecule has 0 N–H and O–H groups in total. The van der Waals surface area contributed by atoms with Crippen molar-refractivity contribution in [2.45, 2.75) is 6.42 Å². The Morgan fingerprint density at radius 2 is 2.23 bits per heavy atom. The van der Waals surface area contributed by atoms with E-state index in [9.17, 15) is 10.1 Å². The average Bonchev–Trinajstić information content (AvgIpc) is 2.17. The molecular weight excluding hydrogens is 166 g/mol. The van der Waals surface area contributed by atoms with Crippen molar-refractivity contribution in [3.63, 3.8) is 0 Å². The number of fused-ring (bicyclic) bond motifs is 1. The highest BCUT2D eigenvalue weighted by molar-refractivity contribution is 5.52. The molecule has 3 heteroatoms. The van der Waals surface area contributed by atoms with Crippen molar-refractivity contribution in [2.75, 3.05) is 0 Å². The third-order valence-corrected chi connectivity index (χ3v) is 2.12. The number of rotatable bonds is 1. The molecule has 1 aromatic carbocycles. The molecule has 65 valence electrons. The fourth-order valence-electron chi connectivity index (χ4n) is 1.50. The Morgan fingerprint density at radius 1 is 1.38 bits per heavy atom. The second kappa shape index (κ2) is 3.01. The van der Waals surface area contributed by atoms with Gasteiger partial charge in [-0.2, -0.15) is 0 Å². The van der Waals surface area contributed by atoms with Crippen molar-refractivity contribution >= 4 is 5.69 Å². The topological polar surface area (TPSA) is 43.1 Å². The summed E-state index contributed by atoms with van der Waals surface area (Å²) in [6.45, 7) is 0. The predicted octanol–water partition coefficient (Wildman–Crippen LogP) is 2.26. The molecule has 13 heavy (non-hydrogen) atoms. The highest BCUT2D eigenvalue weighted by atomic mass is 16.6. The van der Waals surface area contributed by atoms with Gasteiger partial charge in [-0.3, -0.25) is 10.1 Å². The molecule has 2 rings (SSSR count). The quantitative estimate of drug-likeness (QED) is 0.484. The van der Waals surface area contributed by atoms with Crippen LogP contribution in [0.5, 0.6) is 0 Å². The van der Waals surface area contributed by atoms with Crippen molar-refractivity contribution in [3.05, 3.63) is 58.0 Å². The van der Waals surface area contributed by atoms with Crippen LogP contribution < -0.4 is 0 Å². The van der Waals surface area contributed by atoms with Crippen LogP contribution in [0.25, 0.3) is 0 Å². The SMILES string of the molecule is O=[N+]([O-])c1cccc2c1CC=C[CH]2. The summed E-state index contributed by atoms with van der Waals surface area (Å²) in [6.07, 6.45) is 6.40. The van der Waals surface area contributed by atoms with Gasteiger partial charge in [0.05, 0.1) is 4.92 Å². The van der Waals surface area contributed by atoms with Gasteiger partial charge in [-0.05, 0) is 12.0 Å². The second-order valence-electron chi connectivity index (χ2n) is 2.90. The van der Waals surface area contributed by atoms with E-state index in [-0.39, 0.29) is 10.6 Å². The lowest BCUT2D eigenvalue weighted by molar-refractivity contribution is -0.385. The molecule has 1 aromatic rings. The standard InChI is InChI=1S/C10H8NO2/c12-11(13)10-7-3-5-8-4-1-2-6-9(8)10/h1-5,7H,6H2. The molecule has 0 saturated heterocycles. The molecule has 0 fully saturated rings. The molecule has 1 aliphatic rings. The van der Waals surface area contributed by atoms with E-state index in [4.69, 9.17) is 0 Å². The first kappa shape index (κ1) is 7.98. The molecule has 0 atom stereocenters. The molecule has 1 radical (unpaired) electrons. The van der Waals surface area contributed by atoms with Crippen LogP contribution in [0.15, 0.2) is 30.4 Å². The molecular formula is C10H8NO2. The van der Waals surface area contributed by atoms with Gasteiger partial charge in [-0.1, -0.05) is 24.3 Å². The van der Waals surface area contributed by atoms with Gasteiger partial charge >= 0.3 is 0 Å². The van der Waals surface area contributed by atoms with Crippen molar-refractivity contribution < 1.29 is 4.92 Å². The Morgan fingerprint density at radius 3 is 3.00 bits per heavy atom. The van der Waals surface area contributed by atoms with Crippen LogP contribution in [0, 0.1) is 16.5 Å². The van der Waals surface area contributed by atoms with E-state index in [1.54, 1.807) is 12.1 Å². The van der Waals surface area contributed by atoms with Crippen LogP contribution >= 0.6 is 0 Å². The number of nitro groups is 1. The highest BCUT2D eigenvalue weighted by Gasteiger charge is 2.16. The summed E-state index contributed by atoms with van der Waals surface area (Å²) < 4.78 is 0. The van der Waals surface area contributed by atoms with Crippen LogP contribution in [-0.4, -0.2) is 4.92 Å². The molecule has 0 unspecified atom stereocenters. The molecule has 0 heterocycles. The van der Waals surface area contributed by atoms with Gasteiger partial charge in [0.15, 0.2) is 0 Å². The first-order chi connectivity index (χ1) is 6.29. The summed E-state index contributed by atoms with van der Waals surface area (Å²) in [6, 6.07) is 5.16. The summed E-state index contributed by atoms with van der Waals surface area (Å²) in [5.74, 6) is 0. The fourth-order valence-corrected chi connectivity index (χ4v) is 1.50. The van der Waals surface area contributed by atoms with Gasteiger partial charge in [0.2, 0.25) is 0 Å². The minimum atomic E-state index is -0.328. The Balaban J connectivity index is 2.55. The van der Waals surface area contributed by atoms with Crippen molar-refractivity contribution in [3.8, 4) is 0 Å². The van der Waals surface area contributed by atoms with E-state index < -0.39 is 0 Å². The zero-order valence-electron chi connectivity index (χ0n) is 6.93. The number of nitro benzene ring substituents is 1. The average molecular weight is 174 g/mol. The molecule has 0 bridgehead atoms. The summed E-state index contributed by atoms with van der Waals surface area (Å²) in [5, 5.41) is 10.6. The van der Waals surface area contributed by atoms with Crippen LogP contribution in [0.3, 0.4) is 0 Å². The maximum Gasteiger partial charge on any atom is 0.273 e. The number of hydrogen-bond donors (Lipinski definition) is 0. The van der Waals surface area contributed by atoms with Crippen molar-refractivity contribution in [2.24, 2.45) is 0 Å². The van der Waals surface area contributed by atoms with Gasteiger partial charge in [-0.25, -0.2) is 0 Å². The van der Waals surface area contributed by atoms with Crippen LogP contribution in [0.4, 0.5) is 5.69 Å². The van der Waals surface area contributed by atoms with Gasteiger partial charge in [0, 0.05) is 18.1 Å². The molecule has 0 spiro atoms. The summed E-state index contributed by atoms with van der Waals surface area (Å²) in [5.41, 5.74) is 1.99.